The zero-order chi connectivity index (χ0) is 49.8. The van der Waals surface area contributed by atoms with Crippen LogP contribution in [0.4, 0.5) is 5.82 Å². The number of aromatic nitrogens is 6. The number of hydrogen-bond donors (Lipinski definition) is 7. The summed E-state index contributed by atoms with van der Waals surface area (Å²) in [5.74, 6) is 0.726. The minimum atomic E-state index is -3.94. The number of nitrogens with one attached hydrogen (secondary N) is 4. The van der Waals surface area contributed by atoms with Crippen LogP contribution in [-0.4, -0.2) is 93.5 Å². The Hall–Kier alpha value is -7.06. The van der Waals surface area contributed by atoms with Crippen LogP contribution in [0.15, 0.2) is 125 Å². The van der Waals surface area contributed by atoms with Gasteiger partial charge in [0.25, 0.3) is 5.91 Å². The molecule has 3 heterocycles. The molecule has 0 bridgehead atoms. The molecule has 3 amide bonds. The van der Waals surface area contributed by atoms with Gasteiger partial charge in [-0.3, -0.25) is 19.8 Å². The number of carbonyl (C=O) groups excluding carboxylic acids is 3. The molecule has 7 N–H and O–H groups in total. The topological polar surface area (TPSA) is 251 Å². The van der Waals surface area contributed by atoms with Gasteiger partial charge in [-0.15, -0.1) is 10.2 Å². The first-order valence-corrected chi connectivity index (χ1v) is 25.0. The summed E-state index contributed by atoms with van der Waals surface area (Å²) in [7, 11) is -3.94. The van der Waals surface area contributed by atoms with Gasteiger partial charge in [0.2, 0.25) is 17.7 Å². The first-order chi connectivity index (χ1) is 33.8. The molecule has 0 fully saturated rings. The van der Waals surface area contributed by atoms with E-state index in [0.29, 0.717) is 87.9 Å². The first kappa shape index (κ1) is 52.3. The van der Waals surface area contributed by atoms with Crippen LogP contribution < -0.4 is 26.1 Å². The highest BCUT2D eigenvalue weighted by Gasteiger charge is 2.26. The van der Waals surface area contributed by atoms with Gasteiger partial charge < -0.3 is 34.3 Å². The molecule has 0 aliphatic rings. The molecule has 3 aromatic carbocycles. The van der Waals surface area contributed by atoms with Crippen molar-refractivity contribution in [3.8, 4) is 28.3 Å². The molecule has 6 aromatic rings. The maximum Gasteiger partial charge on any atom is 0.253 e. The summed E-state index contributed by atoms with van der Waals surface area (Å²) in [6.45, 7) is 7.95. The number of rotatable bonds is 27. The van der Waals surface area contributed by atoms with E-state index in [9.17, 15) is 28.0 Å². The Kier molecular flexibility index (Phi) is 19.5. The number of carbonyl (C=O) groups is 3. The molecule has 19 heteroatoms. The largest absolute Gasteiger partial charge is 0.478 e. The average Bonchev–Trinajstić information content (AvgIpc) is 3.85. The predicted octanol–water partition coefficient (Wildman–Crippen LogP) is 8.74. The van der Waals surface area contributed by atoms with Gasteiger partial charge in [-0.05, 0) is 98.9 Å². The van der Waals surface area contributed by atoms with Crippen molar-refractivity contribution in [3.63, 3.8) is 0 Å². The smallest absolute Gasteiger partial charge is 0.253 e. The van der Waals surface area contributed by atoms with Gasteiger partial charge in [-0.25, -0.2) is 9.97 Å². The SMILES string of the molecule is CCNC(=O)C(CCCCNC(=O)CCCCn1nnc(C(C)(C)CCCCOc2cc(-c3ccccc3)cc(-c3ccccc3)n2)n1)NC(=O)c1ccc(N/N=C/c2ccccc2S(O)(O)O)nc1. The average molecular weight is 974 g/mol. The van der Waals surface area contributed by atoms with Crippen molar-refractivity contribution in [2.75, 3.05) is 25.1 Å². The maximum absolute atomic E-state index is 13.1. The van der Waals surface area contributed by atoms with E-state index in [-0.39, 0.29) is 27.7 Å². The third kappa shape index (κ3) is 16.3. The van der Waals surface area contributed by atoms with Crippen LogP contribution >= 0.6 is 10.9 Å². The fraction of sp³-hybridized carbons (Fsp3) is 0.353. The fourth-order valence-electron chi connectivity index (χ4n) is 7.43. The number of ether oxygens (including phenoxy) is 1. The number of anilines is 1. The van der Waals surface area contributed by atoms with Crippen LogP contribution in [0.2, 0.25) is 0 Å². The maximum atomic E-state index is 13.1. The molecule has 0 aliphatic heterocycles. The second-order valence-electron chi connectivity index (χ2n) is 17.3. The highest BCUT2D eigenvalue weighted by molar-refractivity contribution is 8.19. The Morgan fingerprint density at radius 3 is 2.30 bits per heavy atom. The van der Waals surface area contributed by atoms with Crippen molar-refractivity contribution in [3.05, 3.63) is 132 Å². The van der Waals surface area contributed by atoms with Gasteiger partial charge in [-0.1, -0.05) is 92.7 Å². The molecule has 18 nitrogen and oxygen atoms in total. The molecule has 70 heavy (non-hydrogen) atoms. The second-order valence-corrected chi connectivity index (χ2v) is 18.8. The van der Waals surface area contributed by atoms with Crippen molar-refractivity contribution in [2.45, 2.75) is 101 Å². The van der Waals surface area contributed by atoms with Crippen molar-refractivity contribution >= 4 is 40.6 Å². The number of benzene rings is 3. The van der Waals surface area contributed by atoms with E-state index in [1.54, 1.807) is 29.9 Å². The number of hydrazone groups is 1. The molecule has 6 rings (SSSR count). The molecule has 1 unspecified atom stereocenters. The van der Waals surface area contributed by atoms with E-state index in [1.165, 1.54) is 30.6 Å². The molecule has 1 atom stereocenters. The van der Waals surface area contributed by atoms with Gasteiger partial charge in [0, 0.05) is 48.3 Å². The summed E-state index contributed by atoms with van der Waals surface area (Å²) < 4.78 is 35.2. The summed E-state index contributed by atoms with van der Waals surface area (Å²) in [5.41, 5.74) is 6.98. The Morgan fingerprint density at radius 1 is 0.829 bits per heavy atom. The van der Waals surface area contributed by atoms with Crippen LogP contribution in [0.1, 0.15) is 100 Å². The molecular formula is C51H63N11O7S. The Balaban J connectivity index is 0.852. The highest BCUT2D eigenvalue weighted by atomic mass is 32.3. The first-order valence-electron chi connectivity index (χ1n) is 23.5. The Morgan fingerprint density at radius 2 is 1.57 bits per heavy atom. The van der Waals surface area contributed by atoms with E-state index in [1.807, 2.05) is 42.5 Å². The van der Waals surface area contributed by atoms with Gasteiger partial charge >= 0.3 is 0 Å². The number of amides is 3. The number of hydrogen-bond acceptors (Lipinski definition) is 14. The van der Waals surface area contributed by atoms with E-state index in [2.05, 4.69) is 91.1 Å². The Bertz CT molecular complexity index is 2570. The predicted molar refractivity (Wildman–Crippen MR) is 272 cm³/mol. The number of unbranched alkanes of at least 4 members (excludes halogenated alkanes) is 3. The van der Waals surface area contributed by atoms with E-state index < -0.39 is 22.8 Å². The lowest BCUT2D eigenvalue weighted by Gasteiger charge is -2.20. The van der Waals surface area contributed by atoms with Crippen LogP contribution in [0.5, 0.6) is 5.88 Å². The lowest BCUT2D eigenvalue weighted by molar-refractivity contribution is -0.123. The molecule has 3 aromatic heterocycles. The summed E-state index contributed by atoms with van der Waals surface area (Å²) in [5, 5.41) is 25.8. The summed E-state index contributed by atoms with van der Waals surface area (Å²) in [4.78, 5) is 49.1. The number of nitrogens with zero attached hydrogens (tertiary/aromatic N) is 7. The van der Waals surface area contributed by atoms with Crippen molar-refractivity contribution in [1.82, 2.24) is 46.1 Å². The minimum absolute atomic E-state index is 0.0632. The fourth-order valence-corrected chi connectivity index (χ4v) is 8.13. The summed E-state index contributed by atoms with van der Waals surface area (Å²) >= 11 is 0. The number of aryl methyl sites for hydroxylation is 1. The monoisotopic (exact) mass is 973 g/mol. The minimum Gasteiger partial charge on any atom is -0.478 e. The van der Waals surface area contributed by atoms with Crippen LogP contribution in [0.3, 0.4) is 0 Å². The van der Waals surface area contributed by atoms with Crippen molar-refractivity contribution in [2.24, 2.45) is 5.10 Å². The summed E-state index contributed by atoms with van der Waals surface area (Å²) in [6.07, 6.45) is 8.52. The zero-order valence-electron chi connectivity index (χ0n) is 39.8. The van der Waals surface area contributed by atoms with Crippen molar-refractivity contribution in [1.29, 1.82) is 0 Å². The zero-order valence-corrected chi connectivity index (χ0v) is 40.6. The van der Waals surface area contributed by atoms with E-state index in [0.717, 1.165) is 41.6 Å². The number of tetrazole rings is 1. The van der Waals surface area contributed by atoms with Crippen LogP contribution in [0, 0.1) is 0 Å². The molecular weight excluding hydrogens is 911 g/mol. The molecule has 0 spiro atoms. The van der Waals surface area contributed by atoms with Gasteiger partial charge in [0.05, 0.1) is 35.5 Å². The molecule has 0 aliphatic carbocycles. The van der Waals surface area contributed by atoms with E-state index in [4.69, 9.17) is 9.72 Å². The third-order valence-electron chi connectivity index (χ3n) is 11.3. The summed E-state index contributed by atoms with van der Waals surface area (Å²) in [6, 6.07) is 32.8. The number of likely N-dealkylation sites (N-methyl/N-ethyl adjacent to an activating group) is 1. The standard InChI is InChI=1S/C51H63N11O7S/c1-4-52-49(65)42(57-48(64)40-27-28-45(54-35-40)58-55-36-39-23-11-12-25-44(39)70(66,67)68)24-13-16-30-53-46(63)26-14-17-31-62-60-50(59-61-62)51(2,3)29-15-18-32-69-47-34-41(37-19-7-5-8-20-37)33-43(56-47)38-21-9-6-10-22-38/h5-12,19-23,25,27-28,33-36,42,66-68H,4,13-18,24,26,29-32H2,1-3H3,(H,52,65)(H,53,63)(H,54,58)(H,57,64)/b55-36+. The molecule has 370 valence electrons. The van der Waals surface area contributed by atoms with Crippen LogP contribution in [0.25, 0.3) is 22.4 Å². The van der Waals surface area contributed by atoms with E-state index >= 15 is 0 Å². The second kappa shape index (κ2) is 26.1. The van der Waals surface area contributed by atoms with Crippen LogP contribution in [-0.2, 0) is 21.5 Å². The van der Waals surface area contributed by atoms with Gasteiger partial charge in [0.1, 0.15) is 22.7 Å². The molecule has 0 saturated heterocycles. The Labute approximate surface area is 410 Å². The highest BCUT2D eigenvalue weighted by Crippen LogP contribution is 2.44. The lowest BCUT2D eigenvalue weighted by Crippen LogP contribution is -2.46. The molecule has 0 radical (unpaired) electrons. The lowest BCUT2D eigenvalue weighted by atomic mass is 9.86. The normalized spacial score (nSPS) is 12.3. The van der Waals surface area contributed by atoms with Crippen molar-refractivity contribution < 1.29 is 32.8 Å². The van der Waals surface area contributed by atoms with Gasteiger partial charge in [-0.2, -0.15) is 9.90 Å². The third-order valence-corrected chi connectivity index (χ3v) is 12.3. The molecule has 0 saturated carbocycles. The quantitative estimate of drug-likeness (QED) is 0.0145. The van der Waals surface area contributed by atoms with Gasteiger partial charge in [0.15, 0.2) is 5.82 Å². The number of pyridine rings is 2.